The summed E-state index contributed by atoms with van der Waals surface area (Å²) in [5.74, 6) is -0.917. The van der Waals surface area contributed by atoms with E-state index in [1.165, 1.54) is 4.90 Å². The number of benzene rings is 1. The van der Waals surface area contributed by atoms with E-state index in [2.05, 4.69) is 5.32 Å². The fraction of sp³-hybridized carbons (Fsp3) is 0.231. The van der Waals surface area contributed by atoms with Gasteiger partial charge >= 0.3 is 12.0 Å². The number of urea groups is 1. The van der Waals surface area contributed by atoms with Gasteiger partial charge in [0.1, 0.15) is 0 Å². The lowest BCUT2D eigenvalue weighted by atomic mass is 10.2. The Kier molecular flexibility index (Phi) is 4.01. The zero-order valence-corrected chi connectivity index (χ0v) is 11.2. The quantitative estimate of drug-likeness (QED) is 0.903. The second-order valence-corrected chi connectivity index (χ2v) is 5.12. The monoisotopic (exact) mass is 278 g/mol. The summed E-state index contributed by atoms with van der Waals surface area (Å²) in [5.41, 5.74) is 0.707. The number of thiophene rings is 1. The molecule has 1 aromatic carbocycles. The van der Waals surface area contributed by atoms with Gasteiger partial charge in [0.05, 0.1) is 6.42 Å². The number of hydrogen-bond acceptors (Lipinski definition) is 3. The van der Waals surface area contributed by atoms with Crippen LogP contribution in [-0.2, 0) is 4.79 Å². The van der Waals surface area contributed by atoms with E-state index in [9.17, 15) is 9.59 Å². The van der Waals surface area contributed by atoms with Crippen molar-refractivity contribution in [1.29, 1.82) is 0 Å². The van der Waals surface area contributed by atoms with E-state index >= 15 is 0 Å². The van der Waals surface area contributed by atoms with Gasteiger partial charge in [-0.05, 0) is 35.0 Å². The van der Waals surface area contributed by atoms with E-state index in [1.807, 2.05) is 29.6 Å². The summed E-state index contributed by atoms with van der Waals surface area (Å²) in [7, 11) is 1.57. The standard InChI is InChI=1S/C13H14N2O3S/c1-15(6-4-12(16)17)13(18)14-10-2-3-11-9(8-10)5-7-19-11/h2-3,5,7-8H,4,6H2,1H3,(H,14,18)(H,16,17). The molecule has 2 N–H and O–H groups in total. The fourth-order valence-corrected chi connectivity index (χ4v) is 2.40. The number of carboxylic acid groups (broad SMARTS) is 1. The van der Waals surface area contributed by atoms with Crippen molar-refractivity contribution in [3.8, 4) is 0 Å². The number of aliphatic carboxylic acids is 1. The van der Waals surface area contributed by atoms with Gasteiger partial charge in [0.15, 0.2) is 0 Å². The highest BCUT2D eigenvalue weighted by molar-refractivity contribution is 7.17. The van der Waals surface area contributed by atoms with Crippen LogP contribution in [0.1, 0.15) is 6.42 Å². The van der Waals surface area contributed by atoms with Crippen LogP contribution in [0.25, 0.3) is 10.1 Å². The first-order valence-corrected chi connectivity index (χ1v) is 6.65. The van der Waals surface area contributed by atoms with Crippen molar-refractivity contribution >= 4 is 39.1 Å². The van der Waals surface area contributed by atoms with Crippen LogP contribution < -0.4 is 5.32 Å². The van der Waals surface area contributed by atoms with Crippen molar-refractivity contribution in [3.63, 3.8) is 0 Å². The normalized spacial score (nSPS) is 10.4. The van der Waals surface area contributed by atoms with Gasteiger partial charge in [-0.25, -0.2) is 4.79 Å². The molecule has 0 saturated heterocycles. The van der Waals surface area contributed by atoms with Gasteiger partial charge in [-0.3, -0.25) is 4.79 Å². The average molecular weight is 278 g/mol. The number of carbonyl (C=O) groups excluding carboxylic acids is 1. The average Bonchev–Trinajstić information content (AvgIpc) is 2.83. The maximum absolute atomic E-state index is 11.8. The number of hydrogen-bond donors (Lipinski definition) is 2. The molecule has 1 aromatic heterocycles. The maximum atomic E-state index is 11.8. The molecular formula is C13H14N2O3S. The Hall–Kier alpha value is -2.08. The first kappa shape index (κ1) is 13.4. The number of rotatable bonds is 4. The first-order valence-electron chi connectivity index (χ1n) is 5.77. The molecule has 0 saturated carbocycles. The Labute approximate surface area is 114 Å². The van der Waals surface area contributed by atoms with E-state index in [4.69, 9.17) is 5.11 Å². The summed E-state index contributed by atoms with van der Waals surface area (Å²) in [5, 5.41) is 14.4. The molecule has 6 heteroatoms. The number of nitrogens with zero attached hydrogens (tertiary/aromatic N) is 1. The molecule has 0 spiro atoms. The summed E-state index contributed by atoms with van der Waals surface area (Å²) in [6, 6.07) is 7.36. The summed E-state index contributed by atoms with van der Waals surface area (Å²) in [4.78, 5) is 23.6. The van der Waals surface area contributed by atoms with Crippen LogP contribution in [-0.4, -0.2) is 35.6 Å². The van der Waals surface area contributed by atoms with Crippen molar-refractivity contribution in [2.75, 3.05) is 18.9 Å². The predicted octanol–water partition coefficient (Wildman–Crippen LogP) is 2.84. The molecule has 0 atom stereocenters. The maximum Gasteiger partial charge on any atom is 0.321 e. The number of carboxylic acids is 1. The SMILES string of the molecule is CN(CCC(=O)O)C(=O)Nc1ccc2sccc2c1. The highest BCUT2D eigenvalue weighted by Crippen LogP contribution is 2.24. The molecule has 1 heterocycles. The van der Waals surface area contributed by atoms with Gasteiger partial charge in [0.25, 0.3) is 0 Å². The van der Waals surface area contributed by atoms with Crippen molar-refractivity contribution in [3.05, 3.63) is 29.6 Å². The fourth-order valence-electron chi connectivity index (χ4n) is 1.63. The molecule has 0 aliphatic rings. The molecule has 0 aliphatic heterocycles. The molecule has 100 valence electrons. The Morgan fingerprint density at radius 1 is 1.37 bits per heavy atom. The molecule has 2 aromatic rings. The summed E-state index contributed by atoms with van der Waals surface area (Å²) in [6.45, 7) is 0.182. The van der Waals surface area contributed by atoms with E-state index in [-0.39, 0.29) is 19.0 Å². The Balaban J connectivity index is 1.99. The lowest BCUT2D eigenvalue weighted by Gasteiger charge is -2.16. The molecule has 5 nitrogen and oxygen atoms in total. The van der Waals surface area contributed by atoms with Crippen molar-refractivity contribution in [1.82, 2.24) is 4.90 Å². The minimum atomic E-state index is -0.917. The number of nitrogens with one attached hydrogen (secondary N) is 1. The minimum absolute atomic E-state index is 0.0620. The molecule has 19 heavy (non-hydrogen) atoms. The first-order chi connectivity index (χ1) is 9.06. The van der Waals surface area contributed by atoms with E-state index < -0.39 is 5.97 Å². The van der Waals surface area contributed by atoms with Crippen molar-refractivity contribution in [2.45, 2.75) is 6.42 Å². The zero-order valence-electron chi connectivity index (χ0n) is 10.4. The van der Waals surface area contributed by atoms with Crippen molar-refractivity contribution < 1.29 is 14.7 Å². The van der Waals surface area contributed by atoms with Crippen LogP contribution in [0.2, 0.25) is 0 Å². The smallest absolute Gasteiger partial charge is 0.321 e. The van der Waals surface area contributed by atoms with Crippen LogP contribution >= 0.6 is 11.3 Å². The third-order valence-electron chi connectivity index (χ3n) is 2.71. The van der Waals surface area contributed by atoms with E-state index in [0.717, 1.165) is 10.1 Å². The third kappa shape index (κ3) is 3.45. The molecule has 0 aliphatic carbocycles. The van der Waals surface area contributed by atoms with Crippen LogP contribution in [0.4, 0.5) is 10.5 Å². The van der Waals surface area contributed by atoms with Crippen LogP contribution in [0.5, 0.6) is 0 Å². The molecule has 0 unspecified atom stereocenters. The Bertz CT molecular complexity index is 609. The van der Waals surface area contributed by atoms with Crippen LogP contribution in [0.3, 0.4) is 0 Å². The zero-order chi connectivity index (χ0) is 13.8. The number of fused-ring (bicyclic) bond motifs is 1. The summed E-state index contributed by atoms with van der Waals surface area (Å²) < 4.78 is 1.16. The van der Waals surface area contributed by atoms with Gasteiger partial charge in [-0.1, -0.05) is 0 Å². The number of carbonyl (C=O) groups is 2. The Morgan fingerprint density at radius 3 is 2.89 bits per heavy atom. The second-order valence-electron chi connectivity index (χ2n) is 4.17. The lowest BCUT2D eigenvalue weighted by molar-refractivity contribution is -0.137. The highest BCUT2D eigenvalue weighted by atomic mass is 32.1. The second kappa shape index (κ2) is 5.71. The topological polar surface area (TPSA) is 69.6 Å². The largest absolute Gasteiger partial charge is 0.481 e. The number of amides is 2. The summed E-state index contributed by atoms with van der Waals surface area (Å²) >= 11 is 1.64. The van der Waals surface area contributed by atoms with E-state index in [0.29, 0.717) is 5.69 Å². The Morgan fingerprint density at radius 2 is 2.16 bits per heavy atom. The number of anilines is 1. The predicted molar refractivity (Wildman–Crippen MR) is 75.7 cm³/mol. The van der Waals surface area contributed by atoms with Gasteiger partial charge in [-0.2, -0.15) is 0 Å². The molecule has 0 fully saturated rings. The molecular weight excluding hydrogens is 264 g/mol. The molecule has 2 rings (SSSR count). The van der Waals surface area contributed by atoms with Gasteiger partial charge in [0, 0.05) is 24.0 Å². The molecule has 0 radical (unpaired) electrons. The minimum Gasteiger partial charge on any atom is -0.481 e. The van der Waals surface area contributed by atoms with Crippen LogP contribution in [0.15, 0.2) is 29.6 Å². The van der Waals surface area contributed by atoms with Gasteiger partial charge < -0.3 is 15.3 Å². The van der Waals surface area contributed by atoms with Crippen molar-refractivity contribution in [2.24, 2.45) is 0 Å². The van der Waals surface area contributed by atoms with E-state index in [1.54, 1.807) is 18.4 Å². The molecule has 0 bridgehead atoms. The molecule has 2 amide bonds. The third-order valence-corrected chi connectivity index (χ3v) is 3.61. The highest BCUT2D eigenvalue weighted by Gasteiger charge is 2.10. The van der Waals surface area contributed by atoms with Crippen LogP contribution in [0, 0.1) is 0 Å². The van der Waals surface area contributed by atoms with Gasteiger partial charge in [0.2, 0.25) is 0 Å². The summed E-state index contributed by atoms with van der Waals surface area (Å²) in [6.07, 6.45) is -0.0620. The van der Waals surface area contributed by atoms with Gasteiger partial charge in [-0.15, -0.1) is 11.3 Å². The lowest BCUT2D eigenvalue weighted by Crippen LogP contribution is -2.33.